The van der Waals surface area contributed by atoms with E-state index in [4.69, 9.17) is 16.3 Å². The van der Waals surface area contributed by atoms with Gasteiger partial charge >= 0.3 is 0 Å². The van der Waals surface area contributed by atoms with Crippen molar-refractivity contribution in [2.45, 2.75) is 13.0 Å². The monoisotopic (exact) mass is 425 g/mol. The number of hydrogen-bond acceptors (Lipinski definition) is 5. The molecule has 0 saturated carbocycles. The number of anilines is 2. The van der Waals surface area contributed by atoms with Crippen molar-refractivity contribution in [1.82, 2.24) is 14.8 Å². The smallest absolute Gasteiger partial charge is 0.229 e. The molecule has 30 heavy (non-hydrogen) atoms. The Morgan fingerprint density at radius 1 is 1.27 bits per heavy atom. The fourth-order valence-corrected chi connectivity index (χ4v) is 3.60. The number of halogens is 1. The molecule has 154 valence electrons. The number of nitrogens with zero attached hydrogens (tertiary/aromatic N) is 4. The van der Waals surface area contributed by atoms with E-state index in [2.05, 4.69) is 15.4 Å². The zero-order chi connectivity index (χ0) is 21.1. The molecular formula is C21H20ClN5O3. The highest BCUT2D eigenvalue weighted by Crippen LogP contribution is 2.35. The average molecular weight is 426 g/mol. The summed E-state index contributed by atoms with van der Waals surface area (Å²) >= 11 is 6.08. The highest BCUT2D eigenvalue weighted by atomic mass is 35.5. The summed E-state index contributed by atoms with van der Waals surface area (Å²) in [4.78, 5) is 30.8. The second-order valence-corrected chi connectivity index (χ2v) is 7.44. The van der Waals surface area contributed by atoms with Gasteiger partial charge in [0.05, 0.1) is 25.3 Å². The lowest BCUT2D eigenvalue weighted by molar-refractivity contribution is -0.122. The minimum absolute atomic E-state index is 0.131. The van der Waals surface area contributed by atoms with E-state index >= 15 is 0 Å². The number of hydrogen-bond donors (Lipinski definition) is 1. The minimum Gasteiger partial charge on any atom is -0.495 e. The maximum absolute atomic E-state index is 12.7. The number of aromatic nitrogens is 3. The van der Waals surface area contributed by atoms with Crippen LogP contribution in [0.2, 0.25) is 5.02 Å². The molecule has 2 aromatic carbocycles. The number of methoxy groups -OCH3 is 1. The molecule has 0 unspecified atom stereocenters. The summed E-state index contributed by atoms with van der Waals surface area (Å²) < 4.78 is 7.06. The number of rotatable bonds is 6. The first-order chi connectivity index (χ1) is 14.5. The summed E-state index contributed by atoms with van der Waals surface area (Å²) in [6, 6.07) is 12.6. The Morgan fingerprint density at radius 3 is 2.77 bits per heavy atom. The summed E-state index contributed by atoms with van der Waals surface area (Å²) in [7, 11) is 1.53. The number of carbonyl (C=O) groups excluding carboxylic acids is 2. The van der Waals surface area contributed by atoms with Crippen LogP contribution in [0.15, 0.2) is 55.1 Å². The predicted octanol–water partition coefficient (Wildman–Crippen LogP) is 2.98. The largest absolute Gasteiger partial charge is 0.495 e. The van der Waals surface area contributed by atoms with Crippen LogP contribution in [0, 0.1) is 5.92 Å². The van der Waals surface area contributed by atoms with Gasteiger partial charge in [-0.3, -0.25) is 9.59 Å². The van der Waals surface area contributed by atoms with E-state index in [1.807, 2.05) is 24.3 Å². The fraction of sp³-hybridized carbons (Fsp3) is 0.238. The molecule has 3 aromatic rings. The summed E-state index contributed by atoms with van der Waals surface area (Å²) in [5, 5.41) is 7.46. The third kappa shape index (κ3) is 4.28. The highest BCUT2D eigenvalue weighted by molar-refractivity contribution is 6.31. The molecule has 0 radical (unpaired) electrons. The van der Waals surface area contributed by atoms with Crippen LogP contribution in [0.4, 0.5) is 11.4 Å². The number of carbonyl (C=O) groups is 2. The van der Waals surface area contributed by atoms with E-state index in [1.165, 1.54) is 13.4 Å². The van der Waals surface area contributed by atoms with Crippen LogP contribution in [-0.4, -0.2) is 40.2 Å². The average Bonchev–Trinajstić information content (AvgIpc) is 3.39. The maximum Gasteiger partial charge on any atom is 0.229 e. The van der Waals surface area contributed by atoms with Crippen molar-refractivity contribution in [2.75, 3.05) is 23.9 Å². The summed E-state index contributed by atoms with van der Waals surface area (Å²) in [5.74, 6) is -0.262. The fourth-order valence-electron chi connectivity index (χ4n) is 3.43. The molecule has 1 fully saturated rings. The maximum atomic E-state index is 12.7. The Bertz CT molecular complexity index is 1050. The Hall–Kier alpha value is -3.39. The molecule has 1 aromatic heterocycles. The van der Waals surface area contributed by atoms with Crippen molar-refractivity contribution < 1.29 is 14.3 Å². The SMILES string of the molecule is COc1ccc(Cl)cc1N1C[C@@H](C(=O)Nc2ccc(Cn3cncn3)cc2)CC1=O. The van der Waals surface area contributed by atoms with Crippen molar-refractivity contribution in [3.63, 3.8) is 0 Å². The third-order valence-corrected chi connectivity index (χ3v) is 5.20. The van der Waals surface area contributed by atoms with Gasteiger partial charge in [-0.05, 0) is 35.9 Å². The first-order valence-electron chi connectivity index (χ1n) is 9.39. The molecule has 1 atom stereocenters. The van der Waals surface area contributed by atoms with Crippen LogP contribution < -0.4 is 15.0 Å². The Kier molecular flexibility index (Phi) is 5.67. The lowest BCUT2D eigenvalue weighted by Crippen LogP contribution is -2.28. The molecule has 8 nitrogen and oxygen atoms in total. The first kappa shape index (κ1) is 19.9. The molecule has 9 heteroatoms. The van der Waals surface area contributed by atoms with Crippen LogP contribution in [0.3, 0.4) is 0 Å². The third-order valence-electron chi connectivity index (χ3n) is 4.96. The lowest BCUT2D eigenvalue weighted by atomic mass is 10.1. The van der Waals surface area contributed by atoms with E-state index in [0.29, 0.717) is 28.7 Å². The molecule has 0 aliphatic carbocycles. The van der Waals surface area contributed by atoms with E-state index in [1.54, 1.807) is 34.1 Å². The lowest BCUT2D eigenvalue weighted by Gasteiger charge is -2.20. The van der Waals surface area contributed by atoms with E-state index in [-0.39, 0.29) is 24.8 Å². The molecule has 2 amide bonds. The highest BCUT2D eigenvalue weighted by Gasteiger charge is 2.36. The number of nitrogens with one attached hydrogen (secondary N) is 1. The van der Waals surface area contributed by atoms with Crippen LogP contribution in [-0.2, 0) is 16.1 Å². The van der Waals surface area contributed by atoms with Gasteiger partial charge in [-0.25, -0.2) is 9.67 Å². The Labute approximate surface area is 178 Å². The molecule has 1 N–H and O–H groups in total. The van der Waals surface area contributed by atoms with Gasteiger partial charge in [0.25, 0.3) is 0 Å². The van der Waals surface area contributed by atoms with Gasteiger partial charge in [0.2, 0.25) is 11.8 Å². The number of benzene rings is 2. The standard InChI is InChI=1S/C21H20ClN5O3/c1-30-19-7-4-16(22)9-18(19)27-11-15(8-20(27)28)21(29)25-17-5-2-14(3-6-17)10-26-13-23-12-24-26/h2-7,9,12-13,15H,8,10-11H2,1H3,(H,25,29)/t15-/m0/s1. The van der Waals surface area contributed by atoms with Gasteiger partial charge < -0.3 is 15.0 Å². The quantitative estimate of drug-likeness (QED) is 0.655. The zero-order valence-corrected chi connectivity index (χ0v) is 17.0. The van der Waals surface area contributed by atoms with E-state index in [0.717, 1.165) is 5.56 Å². The second kappa shape index (κ2) is 8.54. The Morgan fingerprint density at radius 2 is 2.07 bits per heavy atom. The van der Waals surface area contributed by atoms with Gasteiger partial charge in [-0.15, -0.1) is 0 Å². The van der Waals surface area contributed by atoms with Crippen molar-refractivity contribution in [2.24, 2.45) is 5.92 Å². The summed E-state index contributed by atoms with van der Waals surface area (Å²) in [5.41, 5.74) is 2.28. The van der Waals surface area contributed by atoms with Gasteiger partial charge in [-0.2, -0.15) is 5.10 Å². The molecule has 1 saturated heterocycles. The van der Waals surface area contributed by atoms with Crippen LogP contribution in [0.25, 0.3) is 0 Å². The molecule has 1 aliphatic heterocycles. The second-order valence-electron chi connectivity index (χ2n) is 7.00. The normalized spacial score (nSPS) is 16.0. The number of ether oxygens (including phenoxy) is 1. The minimum atomic E-state index is -0.462. The molecule has 1 aliphatic rings. The van der Waals surface area contributed by atoms with E-state index < -0.39 is 5.92 Å². The van der Waals surface area contributed by atoms with Gasteiger partial charge in [-0.1, -0.05) is 23.7 Å². The van der Waals surface area contributed by atoms with Gasteiger partial charge in [0.1, 0.15) is 18.4 Å². The van der Waals surface area contributed by atoms with E-state index in [9.17, 15) is 9.59 Å². The van der Waals surface area contributed by atoms with Crippen molar-refractivity contribution in [3.05, 3.63) is 65.7 Å². The predicted molar refractivity (Wildman–Crippen MR) is 113 cm³/mol. The zero-order valence-electron chi connectivity index (χ0n) is 16.3. The van der Waals surface area contributed by atoms with Gasteiger partial charge in [0, 0.05) is 23.7 Å². The van der Waals surface area contributed by atoms with Crippen molar-refractivity contribution in [1.29, 1.82) is 0 Å². The summed E-state index contributed by atoms with van der Waals surface area (Å²) in [6.07, 6.45) is 3.26. The number of amides is 2. The molecule has 4 rings (SSSR count). The van der Waals surface area contributed by atoms with Crippen LogP contribution in [0.1, 0.15) is 12.0 Å². The van der Waals surface area contributed by atoms with Crippen molar-refractivity contribution in [3.8, 4) is 5.75 Å². The molecule has 2 heterocycles. The Balaban J connectivity index is 1.41. The van der Waals surface area contributed by atoms with Crippen molar-refractivity contribution >= 4 is 34.8 Å². The topological polar surface area (TPSA) is 89.3 Å². The summed E-state index contributed by atoms with van der Waals surface area (Å²) in [6.45, 7) is 0.869. The molecular weight excluding hydrogens is 406 g/mol. The molecule has 0 spiro atoms. The molecule has 0 bridgehead atoms. The first-order valence-corrected chi connectivity index (χ1v) is 9.77. The van der Waals surface area contributed by atoms with Crippen LogP contribution in [0.5, 0.6) is 5.75 Å². The van der Waals surface area contributed by atoms with Gasteiger partial charge in [0.15, 0.2) is 0 Å². The van der Waals surface area contributed by atoms with Crippen LogP contribution >= 0.6 is 11.6 Å².